The van der Waals surface area contributed by atoms with E-state index >= 15 is 0 Å². The van der Waals surface area contributed by atoms with Gasteiger partial charge in [0.15, 0.2) is 0 Å². The molecular formula is C17H26ClNO. The first kappa shape index (κ1) is 15.7. The zero-order chi connectivity index (χ0) is 14.5. The first-order valence-electron chi connectivity index (χ1n) is 7.69. The maximum Gasteiger partial charge on any atom is 0.121 e. The van der Waals surface area contributed by atoms with Crippen LogP contribution in [-0.4, -0.2) is 19.2 Å². The van der Waals surface area contributed by atoms with Crippen molar-refractivity contribution in [3.8, 4) is 5.75 Å². The van der Waals surface area contributed by atoms with Crippen molar-refractivity contribution in [3.63, 3.8) is 0 Å². The van der Waals surface area contributed by atoms with Crippen LogP contribution in [0.25, 0.3) is 0 Å². The van der Waals surface area contributed by atoms with Crippen LogP contribution in [0.2, 0.25) is 5.02 Å². The molecular weight excluding hydrogens is 270 g/mol. The molecule has 1 N–H and O–H groups in total. The zero-order valence-electron chi connectivity index (χ0n) is 12.7. The second-order valence-electron chi connectivity index (χ2n) is 6.11. The van der Waals surface area contributed by atoms with Gasteiger partial charge in [-0.3, -0.25) is 0 Å². The molecule has 2 nitrogen and oxygen atoms in total. The maximum absolute atomic E-state index is 6.08. The molecule has 0 aliphatic heterocycles. The standard InChI is InChI=1S/C17H26ClNO/c1-12-7-9-14(10-8-12)17(19-3)13(2)20-16-6-4-5-15(18)11-16/h4-6,11-14,17,19H,7-10H2,1-3H3. The van der Waals surface area contributed by atoms with Crippen molar-refractivity contribution in [3.05, 3.63) is 29.3 Å². The Morgan fingerprint density at radius 2 is 1.95 bits per heavy atom. The SMILES string of the molecule is CNC(C1CCC(C)CC1)C(C)Oc1cccc(Cl)c1. The molecule has 0 heterocycles. The van der Waals surface area contributed by atoms with Gasteiger partial charge in [0.25, 0.3) is 0 Å². The summed E-state index contributed by atoms with van der Waals surface area (Å²) in [4.78, 5) is 0. The third kappa shape index (κ3) is 4.13. The summed E-state index contributed by atoms with van der Waals surface area (Å²) in [5, 5.41) is 4.19. The maximum atomic E-state index is 6.08. The van der Waals surface area contributed by atoms with E-state index in [1.165, 1.54) is 25.7 Å². The first-order valence-corrected chi connectivity index (χ1v) is 8.07. The molecule has 0 aromatic heterocycles. The average molecular weight is 296 g/mol. The van der Waals surface area contributed by atoms with Crippen molar-refractivity contribution in [2.24, 2.45) is 11.8 Å². The van der Waals surface area contributed by atoms with Crippen LogP contribution in [-0.2, 0) is 0 Å². The van der Waals surface area contributed by atoms with Gasteiger partial charge in [0.1, 0.15) is 11.9 Å². The Kier molecular flexibility index (Phi) is 5.74. The Labute approximate surface area is 127 Å². The van der Waals surface area contributed by atoms with Gasteiger partial charge in [0, 0.05) is 11.1 Å². The van der Waals surface area contributed by atoms with Crippen molar-refractivity contribution in [1.29, 1.82) is 0 Å². The summed E-state index contributed by atoms with van der Waals surface area (Å²) in [6.07, 6.45) is 5.43. The van der Waals surface area contributed by atoms with Gasteiger partial charge in [0.2, 0.25) is 0 Å². The van der Waals surface area contributed by atoms with Gasteiger partial charge in [-0.05, 0) is 56.8 Å². The highest BCUT2D eigenvalue weighted by Crippen LogP contribution is 2.32. The van der Waals surface area contributed by atoms with Crippen LogP contribution in [0.4, 0.5) is 0 Å². The van der Waals surface area contributed by atoms with Crippen LogP contribution in [0.5, 0.6) is 5.75 Å². The lowest BCUT2D eigenvalue weighted by atomic mass is 9.78. The van der Waals surface area contributed by atoms with Crippen LogP contribution >= 0.6 is 11.6 Å². The van der Waals surface area contributed by atoms with Crippen LogP contribution in [0.3, 0.4) is 0 Å². The van der Waals surface area contributed by atoms with Gasteiger partial charge in [-0.2, -0.15) is 0 Å². The Morgan fingerprint density at radius 1 is 1.25 bits per heavy atom. The molecule has 20 heavy (non-hydrogen) atoms. The summed E-state index contributed by atoms with van der Waals surface area (Å²) in [7, 11) is 2.04. The fourth-order valence-corrected chi connectivity index (χ4v) is 3.51. The Hall–Kier alpha value is -0.730. The predicted octanol–water partition coefficient (Wildman–Crippen LogP) is 4.52. The van der Waals surface area contributed by atoms with Crippen molar-refractivity contribution in [2.75, 3.05) is 7.05 Å². The number of hydrogen-bond donors (Lipinski definition) is 1. The van der Waals surface area contributed by atoms with Gasteiger partial charge in [-0.15, -0.1) is 0 Å². The molecule has 2 rings (SSSR count). The van der Waals surface area contributed by atoms with E-state index < -0.39 is 0 Å². The fourth-order valence-electron chi connectivity index (χ4n) is 3.33. The molecule has 0 spiro atoms. The number of likely N-dealkylation sites (N-methyl/N-ethyl adjacent to an activating group) is 1. The molecule has 0 radical (unpaired) electrons. The highest BCUT2D eigenvalue weighted by atomic mass is 35.5. The lowest BCUT2D eigenvalue weighted by Crippen LogP contribution is -2.46. The van der Waals surface area contributed by atoms with E-state index in [1.54, 1.807) is 0 Å². The molecule has 1 aliphatic rings. The van der Waals surface area contributed by atoms with Crippen molar-refractivity contribution in [2.45, 2.75) is 51.7 Å². The van der Waals surface area contributed by atoms with Crippen LogP contribution in [0.1, 0.15) is 39.5 Å². The highest BCUT2D eigenvalue weighted by molar-refractivity contribution is 6.30. The van der Waals surface area contributed by atoms with E-state index in [-0.39, 0.29) is 6.10 Å². The molecule has 1 aromatic carbocycles. The smallest absolute Gasteiger partial charge is 0.121 e. The van der Waals surface area contributed by atoms with Gasteiger partial charge in [-0.1, -0.05) is 37.4 Å². The summed E-state index contributed by atoms with van der Waals surface area (Å²) in [5.41, 5.74) is 0. The Morgan fingerprint density at radius 3 is 2.55 bits per heavy atom. The molecule has 0 amide bonds. The zero-order valence-corrected chi connectivity index (χ0v) is 13.5. The van der Waals surface area contributed by atoms with E-state index in [0.717, 1.165) is 16.7 Å². The fraction of sp³-hybridized carbons (Fsp3) is 0.647. The molecule has 1 aromatic rings. The largest absolute Gasteiger partial charge is 0.489 e. The number of benzene rings is 1. The number of halogens is 1. The number of rotatable bonds is 5. The Bertz CT molecular complexity index is 415. The second kappa shape index (κ2) is 7.33. The first-order chi connectivity index (χ1) is 9.60. The van der Waals surface area contributed by atoms with Gasteiger partial charge < -0.3 is 10.1 Å². The minimum absolute atomic E-state index is 0.150. The van der Waals surface area contributed by atoms with Gasteiger partial charge in [-0.25, -0.2) is 0 Å². The third-order valence-corrected chi connectivity index (χ3v) is 4.76. The molecule has 0 bridgehead atoms. The lowest BCUT2D eigenvalue weighted by molar-refractivity contribution is 0.114. The molecule has 112 valence electrons. The number of hydrogen-bond acceptors (Lipinski definition) is 2. The quantitative estimate of drug-likeness (QED) is 0.862. The minimum atomic E-state index is 0.150. The van der Waals surface area contributed by atoms with Crippen LogP contribution in [0.15, 0.2) is 24.3 Å². The lowest BCUT2D eigenvalue weighted by Gasteiger charge is -2.36. The minimum Gasteiger partial charge on any atom is -0.489 e. The number of ether oxygens (including phenoxy) is 1. The molecule has 1 saturated carbocycles. The van der Waals surface area contributed by atoms with E-state index in [1.807, 2.05) is 31.3 Å². The van der Waals surface area contributed by atoms with Crippen molar-refractivity contribution >= 4 is 11.6 Å². The number of nitrogens with one attached hydrogen (secondary N) is 1. The van der Waals surface area contributed by atoms with Crippen molar-refractivity contribution in [1.82, 2.24) is 5.32 Å². The van der Waals surface area contributed by atoms with E-state index in [0.29, 0.717) is 12.0 Å². The monoisotopic (exact) mass is 295 g/mol. The van der Waals surface area contributed by atoms with Crippen LogP contribution in [0, 0.1) is 11.8 Å². The van der Waals surface area contributed by atoms with Gasteiger partial charge >= 0.3 is 0 Å². The predicted molar refractivity (Wildman–Crippen MR) is 85.5 cm³/mol. The topological polar surface area (TPSA) is 21.3 Å². The summed E-state index contributed by atoms with van der Waals surface area (Å²) < 4.78 is 6.08. The molecule has 2 unspecified atom stereocenters. The Balaban J connectivity index is 1.96. The highest BCUT2D eigenvalue weighted by Gasteiger charge is 2.29. The van der Waals surface area contributed by atoms with Crippen molar-refractivity contribution < 1.29 is 4.74 Å². The van der Waals surface area contributed by atoms with Crippen LogP contribution < -0.4 is 10.1 Å². The summed E-state index contributed by atoms with van der Waals surface area (Å²) >= 11 is 6.01. The summed E-state index contributed by atoms with van der Waals surface area (Å²) in [6, 6.07) is 8.06. The molecule has 0 saturated heterocycles. The third-order valence-electron chi connectivity index (χ3n) is 4.53. The second-order valence-corrected chi connectivity index (χ2v) is 6.55. The normalized spacial score (nSPS) is 26.0. The summed E-state index contributed by atoms with van der Waals surface area (Å²) in [6.45, 7) is 4.51. The molecule has 1 fully saturated rings. The molecule has 2 atom stereocenters. The van der Waals surface area contributed by atoms with E-state index in [2.05, 4.69) is 19.2 Å². The molecule has 1 aliphatic carbocycles. The van der Waals surface area contributed by atoms with E-state index in [4.69, 9.17) is 16.3 Å². The average Bonchev–Trinajstić information content (AvgIpc) is 2.42. The van der Waals surface area contributed by atoms with E-state index in [9.17, 15) is 0 Å². The van der Waals surface area contributed by atoms with Gasteiger partial charge in [0.05, 0.1) is 0 Å². The summed E-state index contributed by atoms with van der Waals surface area (Å²) in [5.74, 6) is 2.45. The molecule has 3 heteroatoms.